The minimum absolute atomic E-state index is 0.0104. The van der Waals surface area contributed by atoms with Crippen molar-refractivity contribution < 1.29 is 4.79 Å². The molecular weight excluding hydrogens is 264 g/mol. The van der Waals surface area contributed by atoms with Crippen LogP contribution in [0.5, 0.6) is 0 Å². The van der Waals surface area contributed by atoms with E-state index in [4.69, 9.17) is 0 Å². The van der Waals surface area contributed by atoms with Crippen molar-refractivity contribution in [3.63, 3.8) is 0 Å². The number of amides is 1. The number of carbonyl (C=O) groups excluding carboxylic acids is 1. The maximum absolute atomic E-state index is 11.7. The SMILES string of the molecule is CCC[C@@H](C)NC(=O)CSc1n[nH]c(=O)n1C1CC1. The number of aromatic nitrogens is 3. The Kier molecular flexibility index (Phi) is 4.68. The molecule has 0 radical (unpaired) electrons. The molecule has 0 aromatic carbocycles. The summed E-state index contributed by atoms with van der Waals surface area (Å²) < 4.78 is 1.66. The van der Waals surface area contributed by atoms with Gasteiger partial charge in [-0.2, -0.15) is 0 Å². The van der Waals surface area contributed by atoms with Crippen molar-refractivity contribution >= 4 is 17.7 Å². The Balaban J connectivity index is 1.85. The monoisotopic (exact) mass is 284 g/mol. The Bertz CT molecular complexity index is 492. The predicted octanol–water partition coefficient (Wildman–Crippen LogP) is 1.30. The zero-order valence-corrected chi connectivity index (χ0v) is 12.1. The number of carbonyl (C=O) groups is 1. The average molecular weight is 284 g/mol. The van der Waals surface area contributed by atoms with E-state index in [1.54, 1.807) is 4.57 Å². The summed E-state index contributed by atoms with van der Waals surface area (Å²) in [5.41, 5.74) is -0.176. The molecular formula is C12H20N4O2S. The molecule has 1 aliphatic rings. The van der Waals surface area contributed by atoms with Crippen LogP contribution in [0.4, 0.5) is 0 Å². The third kappa shape index (κ3) is 3.86. The van der Waals surface area contributed by atoms with Crippen LogP contribution in [-0.2, 0) is 4.79 Å². The van der Waals surface area contributed by atoms with Gasteiger partial charge in [-0.15, -0.1) is 5.10 Å². The van der Waals surface area contributed by atoms with Gasteiger partial charge in [0, 0.05) is 12.1 Å². The molecule has 1 aromatic rings. The Morgan fingerprint density at radius 2 is 2.37 bits per heavy atom. The van der Waals surface area contributed by atoms with Crippen LogP contribution in [0.1, 0.15) is 45.6 Å². The van der Waals surface area contributed by atoms with Crippen molar-refractivity contribution in [2.75, 3.05) is 5.75 Å². The van der Waals surface area contributed by atoms with E-state index in [0.717, 1.165) is 25.7 Å². The molecule has 2 N–H and O–H groups in total. The van der Waals surface area contributed by atoms with Gasteiger partial charge in [0.15, 0.2) is 5.16 Å². The standard InChI is InChI=1S/C12H20N4O2S/c1-3-4-8(2)13-10(17)7-19-12-15-14-11(18)16(12)9-5-6-9/h8-9H,3-7H2,1-2H3,(H,13,17)(H,14,18)/t8-/m1/s1. The number of aromatic amines is 1. The largest absolute Gasteiger partial charge is 0.353 e. The number of hydrogen-bond acceptors (Lipinski definition) is 4. The number of nitrogens with zero attached hydrogens (tertiary/aromatic N) is 2. The summed E-state index contributed by atoms with van der Waals surface area (Å²) in [6, 6.07) is 0.471. The van der Waals surface area contributed by atoms with Crippen molar-refractivity contribution in [1.29, 1.82) is 0 Å². The van der Waals surface area contributed by atoms with Crippen LogP contribution in [0.25, 0.3) is 0 Å². The predicted molar refractivity (Wildman–Crippen MR) is 74.4 cm³/mol. The molecule has 0 aliphatic heterocycles. The second-order valence-corrected chi connectivity index (χ2v) is 5.90. The molecule has 1 heterocycles. The topological polar surface area (TPSA) is 79.8 Å². The molecule has 0 spiro atoms. The van der Waals surface area contributed by atoms with Crippen LogP contribution in [0.2, 0.25) is 0 Å². The molecule has 1 fully saturated rings. The summed E-state index contributed by atoms with van der Waals surface area (Å²) in [5, 5.41) is 9.97. The van der Waals surface area contributed by atoms with E-state index in [9.17, 15) is 9.59 Å². The molecule has 1 atom stereocenters. The van der Waals surface area contributed by atoms with Gasteiger partial charge in [0.1, 0.15) is 0 Å². The Morgan fingerprint density at radius 1 is 1.63 bits per heavy atom. The molecule has 6 nitrogen and oxygen atoms in total. The minimum Gasteiger partial charge on any atom is -0.353 e. The first-order valence-corrected chi connectivity index (χ1v) is 7.69. The first-order chi connectivity index (χ1) is 9.11. The van der Waals surface area contributed by atoms with Crippen LogP contribution in [0.15, 0.2) is 9.95 Å². The molecule has 19 heavy (non-hydrogen) atoms. The van der Waals surface area contributed by atoms with Crippen molar-refractivity contribution in [2.24, 2.45) is 0 Å². The fourth-order valence-corrected chi connectivity index (χ4v) is 2.82. The lowest BCUT2D eigenvalue weighted by Gasteiger charge is -2.12. The van der Waals surface area contributed by atoms with Gasteiger partial charge in [0.2, 0.25) is 5.91 Å². The van der Waals surface area contributed by atoms with Gasteiger partial charge >= 0.3 is 5.69 Å². The van der Waals surface area contributed by atoms with Crippen molar-refractivity contribution in [2.45, 2.75) is 56.8 Å². The molecule has 1 saturated carbocycles. The highest BCUT2D eigenvalue weighted by molar-refractivity contribution is 7.99. The van der Waals surface area contributed by atoms with E-state index in [-0.39, 0.29) is 23.7 Å². The van der Waals surface area contributed by atoms with E-state index >= 15 is 0 Å². The zero-order chi connectivity index (χ0) is 13.8. The second-order valence-electron chi connectivity index (χ2n) is 4.96. The molecule has 1 aromatic heterocycles. The van der Waals surface area contributed by atoms with Gasteiger partial charge < -0.3 is 5.32 Å². The number of thioether (sulfide) groups is 1. The summed E-state index contributed by atoms with van der Waals surface area (Å²) in [6.45, 7) is 4.09. The number of rotatable bonds is 7. The summed E-state index contributed by atoms with van der Waals surface area (Å²) in [5.74, 6) is 0.286. The van der Waals surface area contributed by atoms with Gasteiger partial charge in [0.25, 0.3) is 0 Å². The third-order valence-electron chi connectivity index (χ3n) is 3.05. The summed E-state index contributed by atoms with van der Waals surface area (Å²) in [4.78, 5) is 23.3. The average Bonchev–Trinajstić information content (AvgIpc) is 3.11. The smallest absolute Gasteiger partial charge is 0.344 e. The third-order valence-corrected chi connectivity index (χ3v) is 4.00. The normalized spacial score (nSPS) is 16.3. The quantitative estimate of drug-likeness (QED) is 0.740. The molecule has 0 unspecified atom stereocenters. The lowest BCUT2D eigenvalue weighted by Crippen LogP contribution is -2.33. The highest BCUT2D eigenvalue weighted by atomic mass is 32.2. The first-order valence-electron chi connectivity index (χ1n) is 6.71. The fraction of sp³-hybridized carbons (Fsp3) is 0.750. The van der Waals surface area contributed by atoms with Crippen molar-refractivity contribution in [1.82, 2.24) is 20.1 Å². The Labute approximate surface area is 116 Å². The van der Waals surface area contributed by atoms with E-state index in [0.29, 0.717) is 10.9 Å². The zero-order valence-electron chi connectivity index (χ0n) is 11.3. The number of nitrogens with one attached hydrogen (secondary N) is 2. The number of H-pyrrole nitrogens is 1. The van der Waals surface area contributed by atoms with Gasteiger partial charge in [-0.25, -0.2) is 9.89 Å². The fourth-order valence-electron chi connectivity index (χ4n) is 2.00. The maximum atomic E-state index is 11.7. The first kappa shape index (κ1) is 14.2. The molecule has 2 rings (SSSR count). The molecule has 106 valence electrons. The minimum atomic E-state index is -0.176. The summed E-state index contributed by atoms with van der Waals surface area (Å²) in [6.07, 6.45) is 4.07. The Hall–Kier alpha value is -1.24. The molecule has 1 amide bonds. The van der Waals surface area contributed by atoms with Crippen LogP contribution in [0, 0.1) is 0 Å². The van der Waals surface area contributed by atoms with Gasteiger partial charge in [0.05, 0.1) is 5.75 Å². The lowest BCUT2D eigenvalue weighted by molar-refractivity contribution is -0.119. The van der Waals surface area contributed by atoms with E-state index in [1.807, 2.05) is 6.92 Å². The van der Waals surface area contributed by atoms with E-state index < -0.39 is 0 Å². The van der Waals surface area contributed by atoms with E-state index in [2.05, 4.69) is 22.4 Å². The van der Waals surface area contributed by atoms with Gasteiger partial charge in [-0.3, -0.25) is 9.36 Å². The van der Waals surface area contributed by atoms with E-state index in [1.165, 1.54) is 11.8 Å². The summed E-state index contributed by atoms with van der Waals surface area (Å²) in [7, 11) is 0. The van der Waals surface area contributed by atoms with Gasteiger partial charge in [-0.1, -0.05) is 25.1 Å². The van der Waals surface area contributed by atoms with Crippen LogP contribution in [-0.4, -0.2) is 32.5 Å². The highest BCUT2D eigenvalue weighted by Crippen LogP contribution is 2.35. The van der Waals surface area contributed by atoms with Crippen molar-refractivity contribution in [3.05, 3.63) is 10.5 Å². The lowest BCUT2D eigenvalue weighted by atomic mass is 10.2. The molecule has 7 heteroatoms. The van der Waals surface area contributed by atoms with Crippen LogP contribution >= 0.6 is 11.8 Å². The van der Waals surface area contributed by atoms with Crippen LogP contribution < -0.4 is 11.0 Å². The summed E-state index contributed by atoms with van der Waals surface area (Å²) >= 11 is 1.31. The number of hydrogen-bond donors (Lipinski definition) is 2. The highest BCUT2D eigenvalue weighted by Gasteiger charge is 2.28. The molecule has 0 saturated heterocycles. The Morgan fingerprint density at radius 3 is 3.00 bits per heavy atom. The van der Waals surface area contributed by atoms with Gasteiger partial charge in [-0.05, 0) is 26.2 Å². The van der Waals surface area contributed by atoms with Crippen LogP contribution in [0.3, 0.4) is 0 Å². The maximum Gasteiger partial charge on any atom is 0.344 e. The molecule has 1 aliphatic carbocycles. The second kappa shape index (κ2) is 6.27. The molecule has 0 bridgehead atoms. The van der Waals surface area contributed by atoms with Crippen molar-refractivity contribution in [3.8, 4) is 0 Å².